The van der Waals surface area contributed by atoms with Gasteiger partial charge in [0.15, 0.2) is 0 Å². The highest BCUT2D eigenvalue weighted by Crippen LogP contribution is 2.72. The Labute approximate surface area is 119 Å². The number of rotatable bonds is 2. The first-order chi connectivity index (χ1) is 9.69. The van der Waals surface area contributed by atoms with Crippen molar-refractivity contribution in [3.63, 3.8) is 0 Å². The molecule has 0 amide bonds. The Morgan fingerprint density at radius 2 is 1.81 bits per heavy atom. The summed E-state index contributed by atoms with van der Waals surface area (Å²) in [4.78, 5) is 0. The van der Waals surface area contributed by atoms with Gasteiger partial charge in [0.2, 0.25) is 9.84 Å². The maximum Gasteiger partial charge on any atom is 0.440 e. The molecule has 0 aromatic heterocycles. The van der Waals surface area contributed by atoms with E-state index in [0.29, 0.717) is 12.8 Å². The lowest BCUT2D eigenvalue weighted by Gasteiger charge is -2.36. The van der Waals surface area contributed by atoms with Crippen LogP contribution in [-0.4, -0.2) is 31.1 Å². The molecule has 9 heteroatoms. The summed E-state index contributed by atoms with van der Waals surface area (Å²) in [5.41, 5.74) is -2.75. The molecular formula is C12H15F3N2O3S. The average Bonchev–Trinajstić information content (AvgIpc) is 3.14. The highest BCUT2D eigenvalue weighted by molar-refractivity contribution is 7.92. The van der Waals surface area contributed by atoms with E-state index >= 15 is 0 Å². The number of hydrogen-bond donors (Lipinski definition) is 0. The molecule has 0 spiro atoms. The van der Waals surface area contributed by atoms with E-state index in [1.807, 2.05) is 0 Å². The fourth-order valence-electron chi connectivity index (χ4n) is 4.90. The molecule has 1 saturated heterocycles. The van der Waals surface area contributed by atoms with Crippen LogP contribution in [0.2, 0.25) is 0 Å². The molecule has 2 aliphatic heterocycles. The Bertz CT molecular complexity index is 634. The van der Waals surface area contributed by atoms with Crippen molar-refractivity contribution in [3.05, 3.63) is 0 Å². The topological polar surface area (TPSA) is 68.1 Å². The maximum absolute atomic E-state index is 13.6. The number of ether oxygens (including phenoxy) is 1. The molecule has 118 valence electrons. The first kappa shape index (κ1) is 13.9. The fourth-order valence-corrected chi connectivity index (χ4v) is 6.49. The van der Waals surface area contributed by atoms with Crippen LogP contribution in [0.5, 0.6) is 0 Å². The fraction of sp³-hybridized carbons (Fsp3) is 1.00. The van der Waals surface area contributed by atoms with Crippen molar-refractivity contribution in [2.45, 2.75) is 43.1 Å². The van der Waals surface area contributed by atoms with Gasteiger partial charge >= 0.3 is 6.18 Å². The van der Waals surface area contributed by atoms with Gasteiger partial charge in [-0.3, -0.25) is 0 Å². The first-order valence-corrected chi connectivity index (χ1v) is 8.77. The molecule has 3 fully saturated rings. The lowest BCUT2D eigenvalue weighted by molar-refractivity contribution is -0.276. The zero-order valence-electron chi connectivity index (χ0n) is 11.3. The summed E-state index contributed by atoms with van der Waals surface area (Å²) in [6, 6.07) is 0. The smallest absolute Gasteiger partial charge is 0.301 e. The van der Waals surface area contributed by atoms with Gasteiger partial charge in [0.1, 0.15) is 0 Å². The normalized spacial score (nSPS) is 50.9. The Morgan fingerprint density at radius 1 is 1.19 bits per heavy atom. The van der Waals surface area contributed by atoms with E-state index in [4.69, 9.17) is 4.74 Å². The minimum Gasteiger partial charge on any atom is -0.301 e. The lowest BCUT2D eigenvalue weighted by Crippen LogP contribution is -2.50. The van der Waals surface area contributed by atoms with Crippen LogP contribution in [0, 0.1) is 23.7 Å². The van der Waals surface area contributed by atoms with E-state index in [0.717, 1.165) is 6.42 Å². The molecule has 2 aliphatic carbocycles. The molecule has 0 unspecified atom stereocenters. The van der Waals surface area contributed by atoms with Crippen molar-refractivity contribution in [2.24, 2.45) is 33.9 Å². The third-order valence-electron chi connectivity index (χ3n) is 5.66. The van der Waals surface area contributed by atoms with Crippen molar-refractivity contribution >= 4 is 9.84 Å². The molecule has 0 aromatic rings. The number of nitrogens with zero attached hydrogens (tertiary/aromatic N) is 2. The zero-order valence-corrected chi connectivity index (χ0v) is 12.1. The standard InChI is InChI=1S/C12H15F3N2O3S/c1-2-21(18,19)11-9-7-4-3-6(5-7)8(9)10(20-11,16-17-11)12(13,14)15/h6-9H,2-5H2,1H3/t6-,7+,8+,9-,10-,11+/m1/s1. The molecule has 0 radical (unpaired) electrons. The van der Waals surface area contributed by atoms with Gasteiger partial charge in [-0.1, -0.05) is 6.92 Å². The predicted octanol–water partition coefficient (Wildman–Crippen LogP) is 2.49. The summed E-state index contributed by atoms with van der Waals surface area (Å²) in [6.07, 6.45) is -2.68. The minimum atomic E-state index is -4.74. The molecule has 2 heterocycles. The highest BCUT2D eigenvalue weighted by Gasteiger charge is 2.84. The van der Waals surface area contributed by atoms with Crippen molar-refractivity contribution < 1.29 is 26.3 Å². The van der Waals surface area contributed by atoms with Crippen molar-refractivity contribution in [2.75, 3.05) is 5.75 Å². The molecule has 6 atom stereocenters. The lowest BCUT2D eigenvalue weighted by atomic mass is 9.74. The van der Waals surface area contributed by atoms with Crippen LogP contribution in [-0.2, 0) is 14.6 Å². The van der Waals surface area contributed by atoms with Gasteiger partial charge in [0, 0.05) is 11.8 Å². The van der Waals surface area contributed by atoms with Crippen molar-refractivity contribution in [1.29, 1.82) is 0 Å². The monoisotopic (exact) mass is 324 g/mol. The Morgan fingerprint density at radius 3 is 2.38 bits per heavy atom. The second-order valence-electron chi connectivity index (χ2n) is 6.42. The summed E-state index contributed by atoms with van der Waals surface area (Å²) < 4.78 is 70.8. The van der Waals surface area contributed by atoms with Crippen LogP contribution in [0.25, 0.3) is 0 Å². The van der Waals surface area contributed by atoms with E-state index in [2.05, 4.69) is 10.2 Å². The number of halogens is 3. The first-order valence-electron chi connectivity index (χ1n) is 7.12. The average molecular weight is 324 g/mol. The van der Waals surface area contributed by atoms with Crippen LogP contribution in [0.1, 0.15) is 26.2 Å². The van der Waals surface area contributed by atoms with Crippen LogP contribution in [0.4, 0.5) is 13.2 Å². The number of azo groups is 1. The molecule has 21 heavy (non-hydrogen) atoms. The van der Waals surface area contributed by atoms with Gasteiger partial charge in [-0.25, -0.2) is 8.42 Å². The zero-order chi connectivity index (χ0) is 15.3. The van der Waals surface area contributed by atoms with Crippen LogP contribution < -0.4 is 0 Å². The third-order valence-corrected chi connectivity index (χ3v) is 7.75. The van der Waals surface area contributed by atoms with Crippen LogP contribution >= 0.6 is 0 Å². The van der Waals surface area contributed by atoms with Crippen LogP contribution in [0.3, 0.4) is 0 Å². The number of sulfone groups is 1. The summed E-state index contributed by atoms with van der Waals surface area (Å²) in [6.45, 7) is 1.40. The van der Waals surface area contributed by atoms with E-state index in [-0.39, 0.29) is 17.6 Å². The van der Waals surface area contributed by atoms with E-state index < -0.39 is 38.6 Å². The van der Waals surface area contributed by atoms with Gasteiger partial charge in [0.05, 0.1) is 5.75 Å². The number of alkyl halides is 3. The van der Waals surface area contributed by atoms with Gasteiger partial charge in [-0.05, 0) is 31.1 Å². The Kier molecular flexibility index (Phi) is 2.40. The molecule has 2 saturated carbocycles. The second-order valence-corrected chi connectivity index (χ2v) is 8.81. The molecule has 4 rings (SSSR count). The largest absolute Gasteiger partial charge is 0.440 e. The highest BCUT2D eigenvalue weighted by atomic mass is 32.2. The van der Waals surface area contributed by atoms with Crippen LogP contribution in [0.15, 0.2) is 10.2 Å². The maximum atomic E-state index is 13.6. The molecule has 0 aromatic carbocycles. The SMILES string of the molecule is CCS(=O)(=O)[C@@]12N=N[C@@](C(F)(F)F)(O1)[C@H]1[C@@H]3CC[C@@H](C3)[C@H]12. The summed E-state index contributed by atoms with van der Waals surface area (Å²) in [5.74, 6) is -2.16. The van der Waals surface area contributed by atoms with E-state index in [9.17, 15) is 21.6 Å². The van der Waals surface area contributed by atoms with Gasteiger partial charge in [-0.2, -0.15) is 13.2 Å². The molecule has 4 aliphatic rings. The second kappa shape index (κ2) is 3.61. The molecule has 0 N–H and O–H groups in total. The molecule has 4 bridgehead atoms. The summed E-state index contributed by atoms with van der Waals surface area (Å²) in [7, 11) is -3.93. The Hall–Kier alpha value is -0.700. The van der Waals surface area contributed by atoms with Crippen molar-refractivity contribution in [1.82, 2.24) is 0 Å². The summed E-state index contributed by atoms with van der Waals surface area (Å²) >= 11 is 0. The quantitative estimate of drug-likeness (QED) is 0.784. The summed E-state index contributed by atoms with van der Waals surface area (Å²) in [5, 5.41) is 4.82. The molecular weight excluding hydrogens is 309 g/mol. The van der Waals surface area contributed by atoms with Gasteiger partial charge < -0.3 is 4.74 Å². The van der Waals surface area contributed by atoms with Gasteiger partial charge in [-0.15, -0.1) is 10.2 Å². The van der Waals surface area contributed by atoms with Gasteiger partial charge in [0.25, 0.3) is 10.8 Å². The van der Waals surface area contributed by atoms with E-state index in [1.165, 1.54) is 6.92 Å². The predicted molar refractivity (Wildman–Crippen MR) is 64.7 cm³/mol. The Balaban J connectivity index is 1.93. The minimum absolute atomic E-state index is 0.0650. The van der Waals surface area contributed by atoms with E-state index in [1.54, 1.807) is 0 Å². The van der Waals surface area contributed by atoms with Crippen molar-refractivity contribution in [3.8, 4) is 0 Å². The third kappa shape index (κ3) is 1.31. The molecule has 5 nitrogen and oxygen atoms in total. The number of hydrogen-bond acceptors (Lipinski definition) is 5. The number of fused-ring (bicyclic) bond motifs is 9.